The Hall–Kier alpha value is -0.730. The van der Waals surface area contributed by atoms with Crippen LogP contribution in [0.5, 0.6) is 0 Å². The SMILES string of the molecule is OCC(Nc1ccc(Cl)cc1)C1CCC1. The van der Waals surface area contributed by atoms with Crippen LogP contribution in [0.15, 0.2) is 24.3 Å². The molecule has 1 aliphatic rings. The smallest absolute Gasteiger partial charge is 0.0635 e. The number of hydrogen-bond acceptors (Lipinski definition) is 2. The number of halogens is 1. The fourth-order valence-electron chi connectivity index (χ4n) is 1.91. The Labute approximate surface area is 95.3 Å². The van der Waals surface area contributed by atoms with Gasteiger partial charge in [-0.3, -0.25) is 0 Å². The van der Waals surface area contributed by atoms with E-state index < -0.39 is 0 Å². The molecule has 0 aromatic heterocycles. The monoisotopic (exact) mass is 225 g/mol. The summed E-state index contributed by atoms with van der Waals surface area (Å²) in [6.07, 6.45) is 3.75. The zero-order valence-corrected chi connectivity index (χ0v) is 9.37. The number of anilines is 1. The van der Waals surface area contributed by atoms with E-state index in [4.69, 9.17) is 11.6 Å². The highest BCUT2D eigenvalue weighted by Gasteiger charge is 2.26. The van der Waals surface area contributed by atoms with Crippen molar-refractivity contribution >= 4 is 17.3 Å². The number of benzene rings is 1. The van der Waals surface area contributed by atoms with Gasteiger partial charge in [-0.15, -0.1) is 0 Å². The molecule has 1 aromatic carbocycles. The topological polar surface area (TPSA) is 32.3 Å². The molecule has 0 spiro atoms. The third kappa shape index (κ3) is 2.64. The molecule has 0 saturated heterocycles. The van der Waals surface area contributed by atoms with Crippen LogP contribution in [0.2, 0.25) is 5.02 Å². The molecule has 15 heavy (non-hydrogen) atoms. The quantitative estimate of drug-likeness (QED) is 0.826. The average molecular weight is 226 g/mol. The van der Waals surface area contributed by atoms with Gasteiger partial charge in [-0.25, -0.2) is 0 Å². The van der Waals surface area contributed by atoms with E-state index in [-0.39, 0.29) is 12.6 Å². The van der Waals surface area contributed by atoms with Gasteiger partial charge in [0.1, 0.15) is 0 Å². The number of aliphatic hydroxyl groups is 1. The summed E-state index contributed by atoms with van der Waals surface area (Å²) in [6.45, 7) is 0.202. The van der Waals surface area contributed by atoms with Crippen molar-refractivity contribution in [2.75, 3.05) is 11.9 Å². The lowest BCUT2D eigenvalue weighted by Crippen LogP contribution is -2.36. The van der Waals surface area contributed by atoms with E-state index >= 15 is 0 Å². The van der Waals surface area contributed by atoms with Crippen molar-refractivity contribution < 1.29 is 5.11 Å². The molecule has 1 aromatic rings. The lowest BCUT2D eigenvalue weighted by atomic mass is 9.80. The Morgan fingerprint density at radius 3 is 2.47 bits per heavy atom. The molecule has 3 heteroatoms. The molecule has 0 heterocycles. The van der Waals surface area contributed by atoms with Gasteiger partial charge in [0.15, 0.2) is 0 Å². The second kappa shape index (κ2) is 4.86. The molecule has 0 aliphatic heterocycles. The van der Waals surface area contributed by atoms with Gasteiger partial charge in [0.25, 0.3) is 0 Å². The molecular weight excluding hydrogens is 210 g/mol. The summed E-state index contributed by atoms with van der Waals surface area (Å²) >= 11 is 5.81. The molecular formula is C12H16ClNO. The first kappa shape index (κ1) is 10.8. The number of rotatable bonds is 4. The zero-order valence-electron chi connectivity index (χ0n) is 8.62. The first-order valence-corrected chi connectivity index (χ1v) is 5.80. The Kier molecular flexibility index (Phi) is 3.49. The Balaban J connectivity index is 1.96. The van der Waals surface area contributed by atoms with Crippen molar-refractivity contribution in [1.82, 2.24) is 0 Å². The van der Waals surface area contributed by atoms with E-state index in [1.807, 2.05) is 24.3 Å². The standard InChI is InChI=1S/C12H16ClNO/c13-10-4-6-11(7-5-10)14-12(8-15)9-2-1-3-9/h4-7,9,12,14-15H,1-3,8H2. The van der Waals surface area contributed by atoms with Crippen molar-refractivity contribution in [2.45, 2.75) is 25.3 Å². The normalized spacial score (nSPS) is 18.3. The molecule has 1 fully saturated rings. The number of aliphatic hydroxyl groups excluding tert-OH is 1. The van der Waals surface area contributed by atoms with Gasteiger partial charge >= 0.3 is 0 Å². The summed E-state index contributed by atoms with van der Waals surface area (Å²) < 4.78 is 0. The number of hydrogen-bond donors (Lipinski definition) is 2. The van der Waals surface area contributed by atoms with Crippen molar-refractivity contribution in [3.8, 4) is 0 Å². The highest BCUT2D eigenvalue weighted by atomic mass is 35.5. The van der Waals surface area contributed by atoms with Gasteiger partial charge < -0.3 is 10.4 Å². The fourth-order valence-corrected chi connectivity index (χ4v) is 2.04. The molecule has 2 rings (SSSR count). The van der Waals surface area contributed by atoms with Crippen LogP contribution in [-0.4, -0.2) is 17.8 Å². The molecule has 1 atom stereocenters. The maximum atomic E-state index is 9.29. The Morgan fingerprint density at radius 2 is 2.00 bits per heavy atom. The molecule has 1 unspecified atom stereocenters. The van der Waals surface area contributed by atoms with Gasteiger partial charge in [0.2, 0.25) is 0 Å². The highest BCUT2D eigenvalue weighted by Crippen LogP contribution is 2.31. The minimum absolute atomic E-state index is 0.194. The lowest BCUT2D eigenvalue weighted by Gasteiger charge is -2.33. The van der Waals surface area contributed by atoms with Crippen LogP contribution in [0.4, 0.5) is 5.69 Å². The number of nitrogens with one attached hydrogen (secondary N) is 1. The minimum atomic E-state index is 0.194. The molecule has 1 saturated carbocycles. The summed E-state index contributed by atoms with van der Waals surface area (Å²) in [6, 6.07) is 7.81. The summed E-state index contributed by atoms with van der Waals surface area (Å²) in [5.41, 5.74) is 1.03. The lowest BCUT2D eigenvalue weighted by molar-refractivity contribution is 0.187. The molecule has 0 amide bonds. The van der Waals surface area contributed by atoms with E-state index in [1.54, 1.807) is 0 Å². The van der Waals surface area contributed by atoms with Crippen molar-refractivity contribution in [2.24, 2.45) is 5.92 Å². The van der Waals surface area contributed by atoms with Gasteiger partial charge in [-0.1, -0.05) is 18.0 Å². The van der Waals surface area contributed by atoms with Crippen LogP contribution >= 0.6 is 11.6 Å². The van der Waals surface area contributed by atoms with Crippen molar-refractivity contribution in [3.05, 3.63) is 29.3 Å². The third-order valence-electron chi connectivity index (χ3n) is 3.11. The molecule has 2 nitrogen and oxygen atoms in total. The van der Waals surface area contributed by atoms with Gasteiger partial charge in [-0.2, -0.15) is 0 Å². The van der Waals surface area contributed by atoms with Crippen LogP contribution in [0, 0.1) is 5.92 Å². The second-order valence-electron chi connectivity index (χ2n) is 4.13. The summed E-state index contributed by atoms with van der Waals surface area (Å²) in [4.78, 5) is 0. The molecule has 0 radical (unpaired) electrons. The van der Waals surface area contributed by atoms with Crippen LogP contribution in [0.25, 0.3) is 0 Å². The zero-order chi connectivity index (χ0) is 10.7. The van der Waals surface area contributed by atoms with Crippen LogP contribution < -0.4 is 5.32 Å². The summed E-state index contributed by atoms with van der Waals surface area (Å²) in [5.74, 6) is 0.630. The molecule has 0 bridgehead atoms. The maximum absolute atomic E-state index is 9.29. The molecule has 1 aliphatic carbocycles. The van der Waals surface area contributed by atoms with Gasteiger partial charge in [-0.05, 0) is 43.0 Å². The fraction of sp³-hybridized carbons (Fsp3) is 0.500. The first-order chi connectivity index (χ1) is 7.29. The largest absolute Gasteiger partial charge is 0.394 e. The maximum Gasteiger partial charge on any atom is 0.0635 e. The highest BCUT2D eigenvalue weighted by molar-refractivity contribution is 6.30. The van der Waals surface area contributed by atoms with E-state index in [1.165, 1.54) is 19.3 Å². The van der Waals surface area contributed by atoms with Crippen molar-refractivity contribution in [1.29, 1.82) is 0 Å². The Bertz CT molecular complexity index is 308. The first-order valence-electron chi connectivity index (χ1n) is 5.42. The second-order valence-corrected chi connectivity index (χ2v) is 4.57. The third-order valence-corrected chi connectivity index (χ3v) is 3.36. The summed E-state index contributed by atoms with van der Waals surface area (Å²) in [7, 11) is 0. The molecule has 82 valence electrons. The van der Waals surface area contributed by atoms with E-state index in [2.05, 4.69) is 5.32 Å². The average Bonchev–Trinajstić information content (AvgIpc) is 2.17. The minimum Gasteiger partial charge on any atom is -0.394 e. The summed E-state index contributed by atoms with van der Waals surface area (Å²) in [5, 5.41) is 13.4. The van der Waals surface area contributed by atoms with E-state index in [9.17, 15) is 5.11 Å². The van der Waals surface area contributed by atoms with Crippen LogP contribution in [-0.2, 0) is 0 Å². The van der Waals surface area contributed by atoms with E-state index in [0.717, 1.165) is 10.7 Å². The molecule has 2 N–H and O–H groups in total. The van der Waals surface area contributed by atoms with Crippen LogP contribution in [0.1, 0.15) is 19.3 Å². The van der Waals surface area contributed by atoms with Crippen molar-refractivity contribution in [3.63, 3.8) is 0 Å². The van der Waals surface area contributed by atoms with Gasteiger partial charge in [0.05, 0.1) is 12.6 Å². The van der Waals surface area contributed by atoms with E-state index in [0.29, 0.717) is 5.92 Å². The predicted octanol–water partition coefficient (Wildman–Crippen LogP) is 2.91. The Morgan fingerprint density at radius 1 is 1.33 bits per heavy atom. The predicted molar refractivity (Wildman–Crippen MR) is 63.3 cm³/mol. The van der Waals surface area contributed by atoms with Gasteiger partial charge in [0, 0.05) is 10.7 Å². The van der Waals surface area contributed by atoms with Crippen LogP contribution in [0.3, 0.4) is 0 Å².